The molecule has 0 saturated heterocycles. The Morgan fingerprint density at radius 2 is 2.15 bits per heavy atom. The van der Waals surface area contributed by atoms with Crippen molar-refractivity contribution in [2.75, 3.05) is 5.32 Å². The molecule has 1 aromatic carbocycles. The fourth-order valence-corrected chi connectivity index (χ4v) is 3.10. The van der Waals surface area contributed by atoms with Crippen molar-refractivity contribution in [3.05, 3.63) is 47.0 Å². The summed E-state index contributed by atoms with van der Waals surface area (Å²) in [5.74, 6) is 0.530. The number of nitrogens with one attached hydrogen (secondary N) is 1. The van der Waals surface area contributed by atoms with Gasteiger partial charge in [0.1, 0.15) is 0 Å². The summed E-state index contributed by atoms with van der Waals surface area (Å²) in [6, 6.07) is 9.91. The average Bonchev–Trinajstić information content (AvgIpc) is 3.20. The Bertz CT molecular complexity index is 593. The smallest absolute Gasteiger partial charge is 0.239 e. The van der Waals surface area contributed by atoms with Gasteiger partial charge in [-0.25, -0.2) is 4.98 Å². The summed E-state index contributed by atoms with van der Waals surface area (Å²) in [6.45, 7) is 0. The van der Waals surface area contributed by atoms with Crippen molar-refractivity contribution in [3.63, 3.8) is 0 Å². The number of thiol groups is 1. The van der Waals surface area contributed by atoms with Crippen LogP contribution in [-0.4, -0.2) is 16.1 Å². The molecular weight excluding hydrogens is 288 g/mol. The molecule has 1 saturated carbocycles. The van der Waals surface area contributed by atoms with E-state index >= 15 is 0 Å². The molecule has 0 aliphatic heterocycles. The molecule has 1 heterocycles. The fraction of sp³-hybridized carbons (Fsp3) is 0.333. The first-order chi connectivity index (χ1) is 9.72. The number of thiazole rings is 1. The van der Waals surface area contributed by atoms with Crippen LogP contribution in [0.15, 0.2) is 35.7 Å². The van der Waals surface area contributed by atoms with Gasteiger partial charge in [0.2, 0.25) is 5.91 Å². The number of hydrogen-bond acceptors (Lipinski definition) is 4. The second-order valence-electron chi connectivity index (χ2n) is 5.05. The number of carbonyl (C=O) groups is 1. The summed E-state index contributed by atoms with van der Waals surface area (Å²) in [4.78, 5) is 16.5. The molecule has 3 rings (SSSR count). The number of hydrogen-bond donors (Lipinski definition) is 2. The van der Waals surface area contributed by atoms with E-state index in [0.29, 0.717) is 17.5 Å². The van der Waals surface area contributed by atoms with Crippen LogP contribution in [0.3, 0.4) is 0 Å². The van der Waals surface area contributed by atoms with Crippen LogP contribution in [0.25, 0.3) is 0 Å². The van der Waals surface area contributed by atoms with E-state index in [1.165, 1.54) is 24.2 Å². The highest BCUT2D eigenvalue weighted by atomic mass is 32.1. The third kappa shape index (κ3) is 3.41. The number of carbonyl (C=O) groups excluding carboxylic acids is 1. The van der Waals surface area contributed by atoms with Gasteiger partial charge in [-0.05, 0) is 24.8 Å². The summed E-state index contributed by atoms with van der Waals surface area (Å²) in [5.41, 5.74) is 2.23. The van der Waals surface area contributed by atoms with E-state index in [1.54, 1.807) is 0 Å². The van der Waals surface area contributed by atoms with Crippen LogP contribution >= 0.6 is 24.0 Å². The molecule has 0 radical (unpaired) electrons. The van der Waals surface area contributed by atoms with Gasteiger partial charge in [0.25, 0.3) is 0 Å². The molecule has 1 aliphatic rings. The number of aromatic nitrogens is 1. The maximum Gasteiger partial charge on any atom is 0.239 e. The summed E-state index contributed by atoms with van der Waals surface area (Å²) in [6.07, 6.45) is 3.07. The van der Waals surface area contributed by atoms with Crippen molar-refractivity contribution >= 4 is 35.0 Å². The van der Waals surface area contributed by atoms with Crippen LogP contribution in [-0.2, 0) is 11.2 Å². The second-order valence-corrected chi connectivity index (χ2v) is 6.53. The molecule has 1 unspecified atom stereocenters. The standard InChI is InChI=1S/C15H16N2OS2/c18-14(13(19)8-10-4-2-1-3-5-10)17-15-16-12(9-20-15)11-6-7-11/h1-5,9,11,13,19H,6-8H2,(H,16,17,18). The maximum absolute atomic E-state index is 12.1. The minimum Gasteiger partial charge on any atom is -0.301 e. The molecular formula is C15H16N2OS2. The lowest BCUT2D eigenvalue weighted by atomic mass is 10.1. The molecule has 2 aromatic rings. The Kier molecular flexibility index (Phi) is 4.08. The molecule has 3 nitrogen and oxygen atoms in total. The molecule has 0 bridgehead atoms. The van der Waals surface area contributed by atoms with Crippen LogP contribution in [0.2, 0.25) is 0 Å². The molecule has 1 aliphatic carbocycles. The highest BCUT2D eigenvalue weighted by molar-refractivity contribution is 7.81. The van der Waals surface area contributed by atoms with E-state index in [4.69, 9.17) is 0 Å². The van der Waals surface area contributed by atoms with Crippen molar-refractivity contribution in [1.29, 1.82) is 0 Å². The Hall–Kier alpha value is -1.33. The van der Waals surface area contributed by atoms with E-state index in [9.17, 15) is 4.79 Å². The van der Waals surface area contributed by atoms with Crippen LogP contribution in [0.5, 0.6) is 0 Å². The summed E-state index contributed by atoms with van der Waals surface area (Å²) >= 11 is 5.88. The Morgan fingerprint density at radius 1 is 1.40 bits per heavy atom. The molecule has 1 fully saturated rings. The van der Waals surface area contributed by atoms with E-state index in [0.717, 1.165) is 11.3 Å². The molecule has 5 heteroatoms. The van der Waals surface area contributed by atoms with E-state index in [-0.39, 0.29) is 11.2 Å². The molecule has 0 spiro atoms. The van der Waals surface area contributed by atoms with Crippen LogP contribution < -0.4 is 5.32 Å². The lowest BCUT2D eigenvalue weighted by Gasteiger charge is -2.09. The third-order valence-corrected chi connectivity index (χ3v) is 4.52. The van der Waals surface area contributed by atoms with Crippen molar-refractivity contribution in [2.24, 2.45) is 0 Å². The van der Waals surface area contributed by atoms with Crippen LogP contribution in [0.4, 0.5) is 5.13 Å². The highest BCUT2D eigenvalue weighted by Gasteiger charge is 2.26. The van der Waals surface area contributed by atoms with Crippen molar-refractivity contribution < 1.29 is 4.79 Å². The molecule has 20 heavy (non-hydrogen) atoms. The number of benzene rings is 1. The minimum atomic E-state index is -0.356. The van der Waals surface area contributed by atoms with E-state index in [1.807, 2.05) is 35.7 Å². The van der Waals surface area contributed by atoms with E-state index < -0.39 is 0 Å². The number of nitrogens with zero attached hydrogens (tertiary/aromatic N) is 1. The van der Waals surface area contributed by atoms with Gasteiger partial charge in [0.05, 0.1) is 10.9 Å². The maximum atomic E-state index is 12.1. The molecule has 1 N–H and O–H groups in total. The lowest BCUT2D eigenvalue weighted by molar-refractivity contribution is -0.115. The summed E-state index contributed by atoms with van der Waals surface area (Å²) < 4.78 is 0. The first kappa shape index (κ1) is 13.6. The third-order valence-electron chi connectivity index (χ3n) is 3.32. The number of anilines is 1. The second kappa shape index (κ2) is 5.97. The molecule has 104 valence electrons. The van der Waals surface area contributed by atoms with Crippen LogP contribution in [0.1, 0.15) is 30.0 Å². The first-order valence-corrected chi connectivity index (χ1v) is 8.10. The van der Waals surface area contributed by atoms with Gasteiger partial charge in [-0.2, -0.15) is 12.6 Å². The Morgan fingerprint density at radius 3 is 2.85 bits per heavy atom. The topological polar surface area (TPSA) is 42.0 Å². The average molecular weight is 304 g/mol. The SMILES string of the molecule is O=C(Nc1nc(C2CC2)cs1)C(S)Cc1ccccc1. The van der Waals surface area contributed by atoms with Gasteiger partial charge in [0, 0.05) is 11.3 Å². The normalized spacial score (nSPS) is 15.8. The lowest BCUT2D eigenvalue weighted by Crippen LogP contribution is -2.25. The zero-order valence-electron chi connectivity index (χ0n) is 11.0. The van der Waals surface area contributed by atoms with Gasteiger partial charge in [-0.3, -0.25) is 4.79 Å². The summed E-state index contributed by atoms with van der Waals surface area (Å²) in [7, 11) is 0. The van der Waals surface area contributed by atoms with Gasteiger partial charge in [-0.15, -0.1) is 11.3 Å². The van der Waals surface area contributed by atoms with E-state index in [2.05, 4.69) is 22.9 Å². The Balaban J connectivity index is 1.57. The Labute approximate surface area is 127 Å². The highest BCUT2D eigenvalue weighted by Crippen LogP contribution is 2.40. The van der Waals surface area contributed by atoms with Gasteiger partial charge >= 0.3 is 0 Å². The first-order valence-electron chi connectivity index (χ1n) is 6.70. The quantitative estimate of drug-likeness (QED) is 0.830. The van der Waals surface area contributed by atoms with Crippen LogP contribution in [0, 0.1) is 0 Å². The van der Waals surface area contributed by atoms with Crippen molar-refractivity contribution in [1.82, 2.24) is 4.98 Å². The number of rotatable bonds is 5. The zero-order valence-corrected chi connectivity index (χ0v) is 12.7. The van der Waals surface area contributed by atoms with Crippen molar-refractivity contribution in [3.8, 4) is 0 Å². The van der Waals surface area contributed by atoms with Gasteiger partial charge in [-0.1, -0.05) is 30.3 Å². The monoisotopic (exact) mass is 304 g/mol. The van der Waals surface area contributed by atoms with Gasteiger partial charge in [0.15, 0.2) is 5.13 Å². The predicted octanol–water partition coefficient (Wildman–Crippen LogP) is 3.50. The largest absolute Gasteiger partial charge is 0.301 e. The summed E-state index contributed by atoms with van der Waals surface area (Å²) in [5, 5.41) is 5.23. The molecule has 1 amide bonds. The number of amides is 1. The molecule has 1 atom stereocenters. The zero-order chi connectivity index (χ0) is 13.9. The minimum absolute atomic E-state index is 0.0890. The molecule has 1 aromatic heterocycles. The fourth-order valence-electron chi connectivity index (χ4n) is 2.03. The van der Waals surface area contributed by atoms with Crippen molar-refractivity contribution in [2.45, 2.75) is 30.4 Å². The predicted molar refractivity (Wildman–Crippen MR) is 85.6 cm³/mol. The van der Waals surface area contributed by atoms with Gasteiger partial charge < -0.3 is 5.32 Å².